The van der Waals surface area contributed by atoms with E-state index in [1.807, 2.05) is 0 Å². The first-order valence-corrected chi connectivity index (χ1v) is 20.5. The van der Waals surface area contributed by atoms with Gasteiger partial charge in [0.1, 0.15) is 0 Å². The first-order chi connectivity index (χ1) is 16.2. The first-order valence-electron chi connectivity index (χ1n) is 13.8. The summed E-state index contributed by atoms with van der Waals surface area (Å²) in [6.45, 7) is 33.1. The molecule has 0 aromatic carbocycles. The maximum atomic E-state index is 6.92. The summed E-state index contributed by atoms with van der Waals surface area (Å²) in [6.07, 6.45) is 9.22. The summed E-state index contributed by atoms with van der Waals surface area (Å²) in [7, 11) is -3.55. The summed E-state index contributed by atoms with van der Waals surface area (Å²) in [4.78, 5) is 4.65. The van der Waals surface area contributed by atoms with Crippen LogP contribution in [0.25, 0.3) is 6.08 Å². The zero-order valence-corrected chi connectivity index (χ0v) is 28.9. The summed E-state index contributed by atoms with van der Waals surface area (Å²) in [6, 6.07) is 0. The molecule has 0 amide bonds. The smallest absolute Gasteiger partial charge is 0.192 e. The fourth-order valence-corrected chi connectivity index (χ4v) is 6.47. The zero-order valence-electron chi connectivity index (χ0n) is 26.1. The summed E-state index contributed by atoms with van der Waals surface area (Å²) in [5, 5.41) is 3.71. The van der Waals surface area contributed by atoms with E-state index in [0.29, 0.717) is 5.92 Å². The van der Waals surface area contributed by atoms with Crippen LogP contribution in [0, 0.1) is 12.8 Å². The lowest BCUT2D eigenvalue weighted by Gasteiger charge is -2.39. The minimum Gasteiger partial charge on any atom is -0.417 e. The van der Waals surface area contributed by atoms with E-state index in [0.717, 1.165) is 30.2 Å². The summed E-state index contributed by atoms with van der Waals surface area (Å²) >= 11 is 1.70. The molecule has 0 aliphatic rings. The topological polar surface area (TPSA) is 31.4 Å². The van der Waals surface area contributed by atoms with E-state index in [-0.39, 0.29) is 16.2 Å². The minimum absolute atomic E-state index is 0.0970. The fourth-order valence-electron chi connectivity index (χ4n) is 3.42. The highest BCUT2D eigenvalue weighted by Crippen LogP contribution is 2.39. The van der Waals surface area contributed by atoms with Gasteiger partial charge >= 0.3 is 0 Å². The van der Waals surface area contributed by atoms with Gasteiger partial charge < -0.3 is 8.85 Å². The maximum Gasteiger partial charge on any atom is 0.192 e. The van der Waals surface area contributed by atoms with Gasteiger partial charge in [0, 0.05) is 12.0 Å². The van der Waals surface area contributed by atoms with E-state index in [4.69, 9.17) is 8.85 Å². The molecule has 0 aliphatic heterocycles. The Labute approximate surface area is 230 Å². The van der Waals surface area contributed by atoms with Gasteiger partial charge in [-0.15, -0.1) is 11.3 Å². The van der Waals surface area contributed by atoms with Crippen molar-refractivity contribution in [1.82, 2.24) is 4.98 Å². The van der Waals surface area contributed by atoms with Crippen LogP contribution in [0.15, 0.2) is 22.6 Å². The van der Waals surface area contributed by atoms with Crippen LogP contribution >= 0.6 is 11.3 Å². The van der Waals surface area contributed by atoms with E-state index in [2.05, 4.69) is 118 Å². The van der Waals surface area contributed by atoms with Crippen molar-refractivity contribution >= 4 is 34.0 Å². The van der Waals surface area contributed by atoms with Gasteiger partial charge in [-0.25, -0.2) is 4.98 Å². The highest BCUT2D eigenvalue weighted by molar-refractivity contribution is 7.09. The predicted molar refractivity (Wildman–Crippen MR) is 167 cm³/mol. The van der Waals surface area contributed by atoms with Gasteiger partial charge in [-0.3, -0.25) is 0 Å². The van der Waals surface area contributed by atoms with Crippen molar-refractivity contribution in [3.8, 4) is 0 Å². The second kappa shape index (κ2) is 13.5. The molecule has 1 heterocycles. The number of aromatic nitrogens is 1. The number of thiazole rings is 1. The quantitative estimate of drug-likeness (QED) is 0.180. The third-order valence-electron chi connectivity index (χ3n) is 8.25. The molecule has 1 rings (SSSR count). The van der Waals surface area contributed by atoms with E-state index < -0.39 is 16.6 Å². The van der Waals surface area contributed by atoms with Gasteiger partial charge in [0.2, 0.25) is 0 Å². The summed E-state index contributed by atoms with van der Waals surface area (Å²) in [5.74, 6) is 0.605. The number of hydrogen-bond donors (Lipinski definition) is 0. The fraction of sp³-hybridized carbons (Fsp3) is 0.767. The summed E-state index contributed by atoms with van der Waals surface area (Å²) in [5.41, 5.74) is 3.78. The standard InChI is InChI=1S/C30H57NO2SSi2/c1-23(16-15-17-24(2)21-32-35(11,12)29(5,6)7)18-19-28(33-36(13,14)30(8,9)10)25(3)20-27-22-34-26(4)31-27/h18,20,22,24,28H,15-17,19,21H2,1-14H3/b23-18+,25-20+/t24-,28-/m0/s1. The third kappa shape index (κ3) is 11.1. The number of allylic oxidation sites excluding steroid dienone is 1. The van der Waals surface area contributed by atoms with Gasteiger partial charge in [-0.05, 0) is 100 Å². The highest BCUT2D eigenvalue weighted by Gasteiger charge is 2.39. The molecule has 1 aromatic rings. The molecule has 6 heteroatoms. The van der Waals surface area contributed by atoms with Crippen molar-refractivity contribution in [2.24, 2.45) is 5.92 Å². The highest BCUT2D eigenvalue weighted by atomic mass is 32.1. The second-order valence-corrected chi connectivity index (χ2v) is 24.5. The first kappa shape index (κ1) is 33.5. The summed E-state index contributed by atoms with van der Waals surface area (Å²) < 4.78 is 13.4. The van der Waals surface area contributed by atoms with Crippen molar-refractivity contribution in [3.05, 3.63) is 33.3 Å². The Morgan fingerprint density at radius 1 is 1.03 bits per heavy atom. The third-order valence-corrected chi connectivity index (χ3v) is 18.0. The SMILES string of the molecule is C/C(=C\C[C@H](O[Si](C)(C)C(C)(C)C)/C(C)=C/c1csc(C)n1)CCC[C@H](C)CO[Si](C)(C)C(C)(C)C. The Kier molecular flexibility index (Phi) is 12.6. The van der Waals surface area contributed by atoms with Crippen LogP contribution in [0.1, 0.15) is 98.7 Å². The monoisotopic (exact) mass is 551 g/mol. The van der Waals surface area contributed by atoms with Gasteiger partial charge in [-0.1, -0.05) is 60.1 Å². The molecule has 0 fully saturated rings. The Hall–Kier alpha value is -0.536. The average molecular weight is 552 g/mol. The Bertz CT molecular complexity index is 872. The molecular weight excluding hydrogens is 495 g/mol. The largest absolute Gasteiger partial charge is 0.417 e. The van der Waals surface area contributed by atoms with Crippen molar-refractivity contribution < 1.29 is 8.85 Å². The molecule has 0 spiro atoms. The Morgan fingerprint density at radius 3 is 2.11 bits per heavy atom. The molecule has 208 valence electrons. The normalized spacial score (nSPS) is 16.4. The van der Waals surface area contributed by atoms with Crippen LogP contribution in [0.4, 0.5) is 0 Å². The van der Waals surface area contributed by atoms with Crippen molar-refractivity contribution in [2.45, 2.75) is 137 Å². The molecule has 3 nitrogen and oxygen atoms in total. The van der Waals surface area contributed by atoms with Gasteiger partial charge in [0.25, 0.3) is 0 Å². The molecule has 0 radical (unpaired) electrons. The molecule has 0 saturated heterocycles. The number of rotatable bonds is 13. The molecule has 2 atom stereocenters. The number of nitrogens with zero attached hydrogens (tertiary/aromatic N) is 1. The lowest BCUT2D eigenvalue weighted by atomic mass is 10.0. The number of hydrogen-bond acceptors (Lipinski definition) is 4. The van der Waals surface area contributed by atoms with E-state index in [1.54, 1.807) is 11.3 Å². The molecule has 0 bridgehead atoms. The molecule has 0 unspecified atom stereocenters. The van der Waals surface area contributed by atoms with Crippen LogP contribution in [0.3, 0.4) is 0 Å². The molecule has 0 N–H and O–H groups in total. The molecule has 0 saturated carbocycles. The van der Waals surface area contributed by atoms with Crippen molar-refractivity contribution in [2.75, 3.05) is 6.61 Å². The van der Waals surface area contributed by atoms with E-state index in [9.17, 15) is 0 Å². The van der Waals surface area contributed by atoms with E-state index in [1.165, 1.54) is 24.0 Å². The lowest BCUT2D eigenvalue weighted by Crippen LogP contribution is -2.44. The van der Waals surface area contributed by atoms with E-state index >= 15 is 0 Å². The van der Waals surface area contributed by atoms with Gasteiger partial charge in [0.15, 0.2) is 16.6 Å². The zero-order chi connectivity index (χ0) is 27.9. The minimum atomic E-state index is -1.89. The van der Waals surface area contributed by atoms with Gasteiger partial charge in [0.05, 0.1) is 16.8 Å². The Morgan fingerprint density at radius 2 is 1.61 bits per heavy atom. The lowest BCUT2D eigenvalue weighted by molar-refractivity contribution is 0.217. The van der Waals surface area contributed by atoms with Crippen LogP contribution in [-0.2, 0) is 8.85 Å². The molecule has 36 heavy (non-hydrogen) atoms. The number of aryl methyl sites for hydroxylation is 1. The van der Waals surface area contributed by atoms with Crippen LogP contribution in [0.2, 0.25) is 36.3 Å². The second-order valence-electron chi connectivity index (χ2n) is 13.9. The molecule has 0 aliphatic carbocycles. The van der Waals surface area contributed by atoms with Gasteiger partial charge in [-0.2, -0.15) is 0 Å². The van der Waals surface area contributed by atoms with Crippen molar-refractivity contribution in [3.63, 3.8) is 0 Å². The molecular formula is C30H57NO2SSi2. The van der Waals surface area contributed by atoms with Crippen molar-refractivity contribution in [1.29, 1.82) is 0 Å². The van der Waals surface area contributed by atoms with Crippen LogP contribution < -0.4 is 0 Å². The predicted octanol–water partition coefficient (Wildman–Crippen LogP) is 10.4. The van der Waals surface area contributed by atoms with Crippen LogP contribution in [0.5, 0.6) is 0 Å². The molecule has 1 aromatic heterocycles. The maximum absolute atomic E-state index is 6.92. The average Bonchev–Trinajstić information content (AvgIpc) is 3.12. The van der Waals surface area contributed by atoms with Crippen LogP contribution in [-0.4, -0.2) is 34.3 Å². The Balaban J connectivity index is 2.77.